The maximum Gasteiger partial charge on any atom is 0.131 e. The lowest BCUT2D eigenvalue weighted by molar-refractivity contribution is 0.409. The third-order valence-electron chi connectivity index (χ3n) is 10.2. The lowest BCUT2D eigenvalue weighted by Crippen LogP contribution is -2.44. The number of nitrogens with zero attached hydrogens (tertiary/aromatic N) is 4. The van der Waals surface area contributed by atoms with Gasteiger partial charge in [-0.15, -0.1) is 0 Å². The summed E-state index contributed by atoms with van der Waals surface area (Å²) in [5.41, 5.74) is 10.6. The maximum absolute atomic E-state index is 9.40. The van der Waals surface area contributed by atoms with Crippen LogP contribution in [0.15, 0.2) is 175 Å². The van der Waals surface area contributed by atoms with Gasteiger partial charge >= 0.3 is 0 Å². The fourth-order valence-electron chi connectivity index (χ4n) is 7.79. The normalized spacial score (nSPS) is 15.9. The predicted molar refractivity (Wildman–Crippen MR) is 211 cm³/mol. The average molecular weight is 669 g/mol. The minimum atomic E-state index is -0.322. The second kappa shape index (κ2) is 12.1. The van der Waals surface area contributed by atoms with Gasteiger partial charge in [-0.05, 0) is 83.9 Å². The monoisotopic (exact) mass is 668 g/mol. The van der Waals surface area contributed by atoms with Gasteiger partial charge in [0, 0.05) is 38.5 Å². The minimum Gasteiger partial charge on any atom is -0.350 e. The van der Waals surface area contributed by atoms with Crippen LogP contribution in [0.3, 0.4) is 0 Å². The van der Waals surface area contributed by atoms with E-state index >= 15 is 0 Å². The number of para-hydroxylation sites is 3. The van der Waals surface area contributed by atoms with Crippen molar-refractivity contribution in [3.8, 4) is 17.4 Å². The Bertz CT molecular complexity index is 2860. The standard InChI is InChI=1S/C46H32N6/c47-29-30-22-24-32(25-23-30)45-48-44(31-12-3-1-4-13-31)49-46(50-45)33-14-11-17-35(26-33)52-41-21-10-8-19-37(41)39-27-38-36-18-7-9-20-40(36)51(42(38)28-43(39)52)34-15-5-2-6-16-34/h1-28,44,46,49H,(H,48,50). The summed E-state index contributed by atoms with van der Waals surface area (Å²) in [5.74, 6) is 0.778. The third kappa shape index (κ3) is 4.87. The van der Waals surface area contributed by atoms with Crippen molar-refractivity contribution >= 4 is 49.4 Å². The minimum absolute atomic E-state index is 0.167. The number of benzene rings is 7. The lowest BCUT2D eigenvalue weighted by Gasteiger charge is -2.32. The highest BCUT2D eigenvalue weighted by Gasteiger charge is 2.26. The Morgan fingerprint density at radius 1 is 0.500 bits per heavy atom. The van der Waals surface area contributed by atoms with Gasteiger partial charge in [0.05, 0.1) is 33.7 Å². The van der Waals surface area contributed by atoms with E-state index in [4.69, 9.17) is 4.99 Å². The fraction of sp³-hybridized carbons (Fsp3) is 0.0435. The van der Waals surface area contributed by atoms with Crippen LogP contribution in [0.5, 0.6) is 0 Å². The van der Waals surface area contributed by atoms with Crippen LogP contribution in [0.25, 0.3) is 55.0 Å². The van der Waals surface area contributed by atoms with Crippen molar-refractivity contribution < 1.29 is 0 Å². The number of hydrogen-bond acceptors (Lipinski definition) is 4. The Morgan fingerprint density at radius 2 is 1.08 bits per heavy atom. The molecule has 0 saturated heterocycles. The molecule has 246 valence electrons. The van der Waals surface area contributed by atoms with E-state index in [0.29, 0.717) is 5.56 Å². The molecule has 0 saturated carbocycles. The van der Waals surface area contributed by atoms with Gasteiger partial charge in [-0.3, -0.25) is 5.32 Å². The van der Waals surface area contributed by atoms with Crippen molar-refractivity contribution in [3.63, 3.8) is 0 Å². The smallest absolute Gasteiger partial charge is 0.131 e. The topological polar surface area (TPSA) is 70.1 Å². The van der Waals surface area contributed by atoms with E-state index < -0.39 is 0 Å². The molecule has 2 aromatic heterocycles. The van der Waals surface area contributed by atoms with E-state index in [0.717, 1.165) is 44.9 Å². The first-order valence-corrected chi connectivity index (χ1v) is 17.5. The molecule has 0 bridgehead atoms. The highest BCUT2D eigenvalue weighted by molar-refractivity contribution is 6.19. The van der Waals surface area contributed by atoms with Crippen LogP contribution < -0.4 is 10.6 Å². The molecule has 3 heterocycles. The second-order valence-corrected chi connectivity index (χ2v) is 13.2. The number of rotatable bonds is 5. The van der Waals surface area contributed by atoms with Crippen LogP contribution in [0.4, 0.5) is 0 Å². The predicted octanol–water partition coefficient (Wildman–Crippen LogP) is 10.1. The number of amidine groups is 1. The first kappa shape index (κ1) is 29.9. The van der Waals surface area contributed by atoms with E-state index in [1.165, 1.54) is 32.6 Å². The number of nitrogens with one attached hydrogen (secondary N) is 2. The fourth-order valence-corrected chi connectivity index (χ4v) is 7.79. The van der Waals surface area contributed by atoms with Crippen molar-refractivity contribution in [2.75, 3.05) is 0 Å². The van der Waals surface area contributed by atoms with Crippen molar-refractivity contribution in [1.29, 1.82) is 5.26 Å². The highest BCUT2D eigenvalue weighted by atomic mass is 15.3. The van der Waals surface area contributed by atoms with Gasteiger partial charge in [0.25, 0.3) is 0 Å². The largest absolute Gasteiger partial charge is 0.350 e. The lowest BCUT2D eigenvalue weighted by atomic mass is 10.1. The summed E-state index contributed by atoms with van der Waals surface area (Å²) in [6.45, 7) is 0. The van der Waals surface area contributed by atoms with Crippen LogP contribution in [-0.4, -0.2) is 15.0 Å². The molecule has 0 amide bonds. The van der Waals surface area contributed by atoms with E-state index in [1.54, 1.807) is 0 Å². The number of hydrogen-bond donors (Lipinski definition) is 2. The summed E-state index contributed by atoms with van der Waals surface area (Å²) in [7, 11) is 0. The molecular formula is C46H32N6. The first-order valence-electron chi connectivity index (χ1n) is 17.5. The molecule has 0 aliphatic carbocycles. The molecule has 7 aromatic carbocycles. The first-order chi connectivity index (χ1) is 25.7. The molecule has 6 nitrogen and oxygen atoms in total. The van der Waals surface area contributed by atoms with Gasteiger partial charge in [-0.25, -0.2) is 4.99 Å². The summed E-state index contributed by atoms with van der Waals surface area (Å²) in [4.78, 5) is 5.21. The van der Waals surface area contributed by atoms with E-state index in [2.05, 4.69) is 165 Å². The molecule has 0 fully saturated rings. The Labute approximate surface area is 300 Å². The van der Waals surface area contributed by atoms with Gasteiger partial charge < -0.3 is 14.5 Å². The maximum atomic E-state index is 9.40. The quantitative estimate of drug-likeness (QED) is 0.192. The van der Waals surface area contributed by atoms with Crippen molar-refractivity contribution in [3.05, 3.63) is 192 Å². The van der Waals surface area contributed by atoms with Crippen LogP contribution >= 0.6 is 0 Å². The summed E-state index contributed by atoms with van der Waals surface area (Å²) in [6, 6.07) is 61.6. The average Bonchev–Trinajstić information content (AvgIpc) is 3.72. The Hall–Kier alpha value is -6.94. The molecule has 6 heteroatoms. The summed E-state index contributed by atoms with van der Waals surface area (Å²) >= 11 is 0. The third-order valence-corrected chi connectivity index (χ3v) is 10.2. The zero-order valence-corrected chi connectivity index (χ0v) is 28.1. The van der Waals surface area contributed by atoms with E-state index in [-0.39, 0.29) is 12.3 Å². The number of fused-ring (bicyclic) bond motifs is 6. The summed E-state index contributed by atoms with van der Waals surface area (Å²) < 4.78 is 4.77. The van der Waals surface area contributed by atoms with Crippen molar-refractivity contribution in [2.24, 2.45) is 4.99 Å². The molecule has 52 heavy (non-hydrogen) atoms. The molecule has 10 rings (SSSR count). The molecular weight excluding hydrogens is 637 g/mol. The van der Waals surface area contributed by atoms with Gasteiger partial charge in [0.2, 0.25) is 0 Å². The second-order valence-electron chi connectivity index (χ2n) is 13.2. The van der Waals surface area contributed by atoms with E-state index in [1.807, 2.05) is 30.3 Å². The number of nitriles is 1. The Balaban J connectivity index is 1.16. The molecule has 1 aliphatic rings. The van der Waals surface area contributed by atoms with Crippen LogP contribution in [-0.2, 0) is 0 Å². The van der Waals surface area contributed by atoms with Gasteiger partial charge in [-0.2, -0.15) is 5.26 Å². The van der Waals surface area contributed by atoms with Crippen LogP contribution in [0, 0.1) is 11.3 Å². The molecule has 2 unspecified atom stereocenters. The van der Waals surface area contributed by atoms with Crippen molar-refractivity contribution in [2.45, 2.75) is 12.3 Å². The molecule has 1 aliphatic heterocycles. The van der Waals surface area contributed by atoms with E-state index in [9.17, 15) is 5.26 Å². The van der Waals surface area contributed by atoms with Crippen LogP contribution in [0.2, 0.25) is 0 Å². The van der Waals surface area contributed by atoms with Gasteiger partial charge in [0.1, 0.15) is 18.2 Å². The Morgan fingerprint density at radius 3 is 1.75 bits per heavy atom. The summed E-state index contributed by atoms with van der Waals surface area (Å²) in [5, 5.41) is 21.7. The molecule has 2 atom stereocenters. The number of aliphatic imine (C=N–C) groups is 1. The molecule has 2 N–H and O–H groups in total. The van der Waals surface area contributed by atoms with Crippen molar-refractivity contribution in [1.82, 2.24) is 19.8 Å². The Kier molecular flexibility index (Phi) is 6.98. The number of aromatic nitrogens is 2. The van der Waals surface area contributed by atoms with Gasteiger partial charge in [0.15, 0.2) is 0 Å². The van der Waals surface area contributed by atoms with Gasteiger partial charge in [-0.1, -0.05) is 97.1 Å². The molecule has 0 radical (unpaired) electrons. The zero-order chi connectivity index (χ0) is 34.6. The summed E-state index contributed by atoms with van der Waals surface area (Å²) in [6.07, 6.45) is -0.489. The zero-order valence-electron chi connectivity index (χ0n) is 28.1. The SMILES string of the molecule is N#Cc1ccc(C2=NC(c3cccc(-n4c5ccccc5c5cc6c7ccccc7n(-c7ccccc7)c6cc54)c3)NC(c3ccccc3)N2)cc1. The van der Waals surface area contributed by atoms with Crippen LogP contribution in [0.1, 0.15) is 34.6 Å². The highest BCUT2D eigenvalue weighted by Crippen LogP contribution is 2.40. The molecule has 9 aromatic rings. The molecule has 0 spiro atoms.